The Bertz CT molecular complexity index is 992. The monoisotopic (exact) mass is 442 g/mol. The Morgan fingerprint density at radius 3 is 2.61 bits per heavy atom. The summed E-state index contributed by atoms with van der Waals surface area (Å²) >= 11 is 1.45. The third-order valence-corrected chi connectivity index (χ3v) is 7.18. The molecule has 2 amide bonds. The molecule has 0 aliphatic heterocycles. The zero-order chi connectivity index (χ0) is 21.8. The molecule has 0 radical (unpaired) electrons. The van der Waals surface area contributed by atoms with E-state index in [2.05, 4.69) is 10.6 Å². The topological polar surface area (TPSA) is 109 Å². The van der Waals surface area contributed by atoms with Gasteiger partial charge in [0.1, 0.15) is 10.8 Å². The van der Waals surface area contributed by atoms with Gasteiger partial charge < -0.3 is 20.2 Å². The van der Waals surface area contributed by atoms with Crippen molar-refractivity contribution in [2.75, 3.05) is 5.32 Å². The van der Waals surface area contributed by atoms with Crippen LogP contribution in [-0.2, 0) is 29.0 Å². The average Bonchev–Trinajstić information content (AvgIpc) is 3.34. The molecule has 0 bridgehead atoms. The van der Waals surface area contributed by atoms with E-state index in [-0.39, 0.29) is 18.4 Å². The summed E-state index contributed by atoms with van der Waals surface area (Å²) in [6, 6.07) is 3.56. The predicted octanol–water partition coefficient (Wildman–Crippen LogP) is 4.15. The number of carboxylic acids is 1. The smallest absolute Gasteiger partial charge is 0.307 e. The maximum Gasteiger partial charge on any atom is 0.307 e. The fourth-order valence-corrected chi connectivity index (χ4v) is 5.61. The molecule has 3 N–H and O–H groups in total. The number of amides is 2. The molecular formula is C23H26N2O5S. The van der Waals surface area contributed by atoms with Crippen molar-refractivity contribution in [2.24, 2.45) is 11.8 Å². The van der Waals surface area contributed by atoms with Crippen LogP contribution in [0.1, 0.15) is 58.7 Å². The highest BCUT2D eigenvalue weighted by Crippen LogP contribution is 2.38. The first-order valence-electron chi connectivity index (χ1n) is 10.7. The fourth-order valence-electron chi connectivity index (χ4n) is 4.32. The summed E-state index contributed by atoms with van der Waals surface area (Å²) in [7, 11) is 0. The lowest BCUT2D eigenvalue weighted by molar-refractivity contribution is -0.146. The second-order valence-electron chi connectivity index (χ2n) is 8.01. The van der Waals surface area contributed by atoms with Crippen LogP contribution in [0.4, 0.5) is 5.00 Å². The lowest BCUT2D eigenvalue weighted by atomic mass is 9.82. The van der Waals surface area contributed by atoms with E-state index in [1.807, 2.05) is 12.2 Å². The largest absolute Gasteiger partial charge is 0.481 e. The average molecular weight is 443 g/mol. The molecule has 2 heterocycles. The van der Waals surface area contributed by atoms with Crippen LogP contribution in [0.3, 0.4) is 0 Å². The normalized spacial score (nSPS) is 20.5. The first-order valence-corrected chi connectivity index (χ1v) is 11.5. The second kappa shape index (κ2) is 9.51. The minimum absolute atomic E-state index is 0.246. The summed E-state index contributed by atoms with van der Waals surface area (Å²) < 4.78 is 5.30. The van der Waals surface area contributed by atoms with Gasteiger partial charge in [-0.1, -0.05) is 18.6 Å². The van der Waals surface area contributed by atoms with E-state index < -0.39 is 17.8 Å². The van der Waals surface area contributed by atoms with Gasteiger partial charge in [-0.25, -0.2) is 0 Å². The molecule has 0 unspecified atom stereocenters. The first-order chi connectivity index (χ1) is 15.0. The number of carbonyl (C=O) groups excluding carboxylic acids is 2. The zero-order valence-electron chi connectivity index (χ0n) is 17.2. The van der Waals surface area contributed by atoms with Gasteiger partial charge in [-0.2, -0.15) is 0 Å². The van der Waals surface area contributed by atoms with E-state index in [1.54, 1.807) is 18.4 Å². The van der Waals surface area contributed by atoms with E-state index >= 15 is 0 Å². The number of carboxylic acid groups (broad SMARTS) is 1. The molecule has 0 saturated heterocycles. The Hall–Kier alpha value is -2.87. The quantitative estimate of drug-likeness (QED) is 0.460. The summed E-state index contributed by atoms with van der Waals surface area (Å²) in [5, 5.41) is 15.8. The molecule has 2 aromatic heterocycles. The summed E-state index contributed by atoms with van der Waals surface area (Å²) in [4.78, 5) is 38.9. The van der Waals surface area contributed by atoms with Gasteiger partial charge in [0.05, 0.1) is 30.2 Å². The maximum atomic E-state index is 13.1. The summed E-state index contributed by atoms with van der Waals surface area (Å²) in [6.07, 6.45) is 10.8. The lowest BCUT2D eigenvalue weighted by Crippen LogP contribution is -2.35. The molecule has 8 heteroatoms. The van der Waals surface area contributed by atoms with Crippen molar-refractivity contribution in [3.8, 4) is 0 Å². The van der Waals surface area contributed by atoms with Crippen LogP contribution >= 0.6 is 11.3 Å². The van der Waals surface area contributed by atoms with Crippen LogP contribution in [0.15, 0.2) is 35.0 Å². The van der Waals surface area contributed by atoms with Crippen LogP contribution < -0.4 is 10.6 Å². The van der Waals surface area contributed by atoms with Crippen LogP contribution in [0.5, 0.6) is 0 Å². The number of nitrogens with one attached hydrogen (secondary N) is 2. The zero-order valence-corrected chi connectivity index (χ0v) is 18.0. The molecule has 164 valence electrons. The minimum Gasteiger partial charge on any atom is -0.481 e. The Morgan fingerprint density at radius 2 is 1.87 bits per heavy atom. The van der Waals surface area contributed by atoms with Gasteiger partial charge in [-0.3, -0.25) is 14.4 Å². The molecule has 2 aromatic rings. The number of hydrogen-bond donors (Lipinski definition) is 3. The number of carbonyl (C=O) groups is 3. The summed E-state index contributed by atoms with van der Waals surface area (Å²) in [5.41, 5.74) is 1.52. The number of aryl methyl sites for hydroxylation is 1. The van der Waals surface area contributed by atoms with Crippen LogP contribution in [0.2, 0.25) is 0 Å². The standard InChI is InChI=1S/C23H26N2O5S/c26-20(15-8-4-5-9-16(15)23(28)29)25-22-19(17-10-2-1-3-11-18(17)31-22)21(27)24-13-14-7-6-12-30-14/h4-7,12,15-16H,1-3,8-11,13H2,(H,24,27)(H,25,26)(H,28,29)/t15-,16+/m1/s1. The van der Waals surface area contributed by atoms with Gasteiger partial charge in [0.25, 0.3) is 5.91 Å². The van der Waals surface area contributed by atoms with Crippen molar-refractivity contribution in [3.05, 3.63) is 52.3 Å². The number of furan rings is 1. The van der Waals surface area contributed by atoms with Gasteiger partial charge in [0.15, 0.2) is 0 Å². The number of anilines is 1. The molecule has 0 fully saturated rings. The maximum absolute atomic E-state index is 13.1. The number of thiophene rings is 1. The summed E-state index contributed by atoms with van der Waals surface area (Å²) in [6.45, 7) is 0.262. The molecule has 0 spiro atoms. The number of allylic oxidation sites excluding steroid dienone is 2. The highest BCUT2D eigenvalue weighted by Gasteiger charge is 2.35. The molecule has 2 aliphatic rings. The van der Waals surface area contributed by atoms with Gasteiger partial charge in [0, 0.05) is 4.88 Å². The van der Waals surface area contributed by atoms with E-state index in [0.717, 1.165) is 42.5 Å². The predicted molar refractivity (Wildman–Crippen MR) is 117 cm³/mol. The highest BCUT2D eigenvalue weighted by molar-refractivity contribution is 7.17. The third kappa shape index (κ3) is 4.74. The highest BCUT2D eigenvalue weighted by atomic mass is 32.1. The number of rotatable bonds is 6. The lowest BCUT2D eigenvalue weighted by Gasteiger charge is -2.24. The molecule has 2 aliphatic carbocycles. The summed E-state index contributed by atoms with van der Waals surface area (Å²) in [5.74, 6) is -2.30. The van der Waals surface area contributed by atoms with Crippen molar-refractivity contribution in [1.82, 2.24) is 5.32 Å². The Kier molecular flexibility index (Phi) is 6.56. The Morgan fingerprint density at radius 1 is 1.10 bits per heavy atom. The molecular weight excluding hydrogens is 416 g/mol. The van der Waals surface area contributed by atoms with Gasteiger partial charge in [-0.15, -0.1) is 11.3 Å². The Labute approximate surface area is 184 Å². The van der Waals surface area contributed by atoms with E-state index in [0.29, 0.717) is 29.2 Å². The number of fused-ring (bicyclic) bond motifs is 1. The van der Waals surface area contributed by atoms with Crippen LogP contribution in [0.25, 0.3) is 0 Å². The van der Waals surface area contributed by atoms with E-state index in [1.165, 1.54) is 11.3 Å². The van der Waals surface area contributed by atoms with Crippen molar-refractivity contribution >= 4 is 34.1 Å². The van der Waals surface area contributed by atoms with E-state index in [9.17, 15) is 19.5 Å². The van der Waals surface area contributed by atoms with Crippen molar-refractivity contribution in [1.29, 1.82) is 0 Å². The fraction of sp³-hybridized carbons (Fsp3) is 0.435. The number of aliphatic carboxylic acids is 1. The van der Waals surface area contributed by atoms with Crippen molar-refractivity contribution in [2.45, 2.75) is 51.5 Å². The van der Waals surface area contributed by atoms with Crippen molar-refractivity contribution in [3.63, 3.8) is 0 Å². The molecule has 4 rings (SSSR count). The molecule has 7 nitrogen and oxygen atoms in total. The van der Waals surface area contributed by atoms with Gasteiger partial charge in [0.2, 0.25) is 5.91 Å². The van der Waals surface area contributed by atoms with Gasteiger partial charge >= 0.3 is 5.97 Å². The molecule has 0 saturated carbocycles. The van der Waals surface area contributed by atoms with Crippen LogP contribution in [-0.4, -0.2) is 22.9 Å². The third-order valence-electron chi connectivity index (χ3n) is 5.97. The SMILES string of the molecule is O=C(NCc1ccco1)c1c(NC(=O)[C@@H]2CC=CC[C@@H]2C(=O)O)sc2c1CCCCC2. The molecule has 31 heavy (non-hydrogen) atoms. The van der Waals surface area contributed by atoms with Crippen LogP contribution in [0, 0.1) is 11.8 Å². The second-order valence-corrected chi connectivity index (χ2v) is 9.12. The Balaban J connectivity index is 1.59. The minimum atomic E-state index is -0.970. The molecule has 2 atom stereocenters. The first kappa shape index (κ1) is 21.4. The van der Waals surface area contributed by atoms with Crippen molar-refractivity contribution < 1.29 is 23.9 Å². The van der Waals surface area contributed by atoms with Gasteiger partial charge in [-0.05, 0) is 56.2 Å². The van der Waals surface area contributed by atoms with E-state index in [4.69, 9.17) is 4.42 Å². The number of hydrogen-bond acceptors (Lipinski definition) is 5. The molecule has 0 aromatic carbocycles.